The molecule has 0 aliphatic heterocycles. The molecule has 0 atom stereocenters. The molecule has 4 nitrogen and oxygen atoms in total. The number of aryl methyl sites for hydroxylation is 2. The van der Waals surface area contributed by atoms with E-state index in [1.54, 1.807) is 0 Å². The molecule has 0 radical (unpaired) electrons. The summed E-state index contributed by atoms with van der Waals surface area (Å²) in [5.41, 5.74) is 10.2. The van der Waals surface area contributed by atoms with Gasteiger partial charge in [0.05, 0.1) is 11.4 Å². The SMILES string of the molecule is CCc1nn(C)c(Nc2ccccc2C(C)C)c1N. The second-order valence-electron chi connectivity index (χ2n) is 5.05. The van der Waals surface area contributed by atoms with Crippen LogP contribution in [0.25, 0.3) is 0 Å². The molecule has 2 rings (SSSR count). The molecule has 0 saturated carbocycles. The Kier molecular flexibility index (Phi) is 3.79. The Balaban J connectivity index is 2.39. The molecular formula is C15H22N4. The fourth-order valence-electron chi connectivity index (χ4n) is 2.25. The van der Waals surface area contributed by atoms with Crippen LogP contribution in [0, 0.1) is 0 Å². The minimum absolute atomic E-state index is 0.462. The maximum absolute atomic E-state index is 6.14. The van der Waals surface area contributed by atoms with Gasteiger partial charge in [-0.15, -0.1) is 0 Å². The third-order valence-corrected chi connectivity index (χ3v) is 3.33. The summed E-state index contributed by atoms with van der Waals surface area (Å²) in [7, 11) is 1.91. The van der Waals surface area contributed by atoms with Crippen molar-refractivity contribution in [2.45, 2.75) is 33.1 Å². The summed E-state index contributed by atoms with van der Waals surface area (Å²) in [5, 5.41) is 7.85. The molecule has 0 spiro atoms. The van der Waals surface area contributed by atoms with Crippen molar-refractivity contribution in [1.29, 1.82) is 0 Å². The van der Waals surface area contributed by atoms with Crippen LogP contribution in [0.1, 0.15) is 37.9 Å². The van der Waals surface area contributed by atoms with E-state index in [4.69, 9.17) is 5.73 Å². The molecule has 1 heterocycles. The average molecular weight is 258 g/mol. The molecule has 0 bridgehead atoms. The highest BCUT2D eigenvalue weighted by Crippen LogP contribution is 2.30. The molecule has 0 saturated heterocycles. The van der Waals surface area contributed by atoms with E-state index >= 15 is 0 Å². The molecule has 0 aliphatic rings. The number of anilines is 3. The second kappa shape index (κ2) is 5.34. The summed E-state index contributed by atoms with van der Waals surface area (Å²) in [5.74, 6) is 1.33. The van der Waals surface area contributed by atoms with Crippen molar-refractivity contribution in [2.75, 3.05) is 11.1 Å². The number of nitrogen functional groups attached to an aromatic ring is 1. The van der Waals surface area contributed by atoms with Gasteiger partial charge < -0.3 is 11.1 Å². The first-order valence-electron chi connectivity index (χ1n) is 6.71. The van der Waals surface area contributed by atoms with E-state index in [1.165, 1.54) is 5.56 Å². The van der Waals surface area contributed by atoms with Crippen molar-refractivity contribution in [3.8, 4) is 0 Å². The summed E-state index contributed by atoms with van der Waals surface area (Å²) >= 11 is 0. The van der Waals surface area contributed by atoms with E-state index in [9.17, 15) is 0 Å². The summed E-state index contributed by atoms with van der Waals surface area (Å²) in [6, 6.07) is 8.31. The van der Waals surface area contributed by atoms with E-state index in [1.807, 2.05) is 17.8 Å². The molecule has 0 unspecified atom stereocenters. The number of para-hydroxylation sites is 1. The predicted octanol–water partition coefficient (Wildman–Crippen LogP) is 3.43. The molecule has 19 heavy (non-hydrogen) atoms. The maximum Gasteiger partial charge on any atom is 0.152 e. The highest BCUT2D eigenvalue weighted by Gasteiger charge is 2.14. The Labute approximate surface area is 114 Å². The zero-order valence-corrected chi connectivity index (χ0v) is 12.1. The Morgan fingerprint density at radius 1 is 1.32 bits per heavy atom. The standard InChI is InChI=1S/C15H22N4/c1-5-12-14(16)15(19(4)18-12)17-13-9-7-6-8-11(13)10(2)3/h6-10,17H,5,16H2,1-4H3. The number of nitrogens with one attached hydrogen (secondary N) is 1. The van der Waals surface area contributed by atoms with Crippen LogP contribution in [0.5, 0.6) is 0 Å². The second-order valence-corrected chi connectivity index (χ2v) is 5.05. The monoisotopic (exact) mass is 258 g/mol. The zero-order chi connectivity index (χ0) is 14.0. The van der Waals surface area contributed by atoms with Crippen molar-refractivity contribution < 1.29 is 0 Å². The lowest BCUT2D eigenvalue weighted by Gasteiger charge is -2.15. The number of aromatic nitrogens is 2. The summed E-state index contributed by atoms with van der Waals surface area (Å²) < 4.78 is 1.81. The van der Waals surface area contributed by atoms with E-state index in [0.717, 1.165) is 29.3 Å². The largest absolute Gasteiger partial charge is 0.394 e. The Morgan fingerprint density at radius 3 is 2.58 bits per heavy atom. The molecule has 0 amide bonds. The van der Waals surface area contributed by atoms with Crippen LogP contribution in [0.2, 0.25) is 0 Å². The first kappa shape index (κ1) is 13.5. The van der Waals surface area contributed by atoms with Crippen molar-refractivity contribution >= 4 is 17.2 Å². The fourth-order valence-corrected chi connectivity index (χ4v) is 2.25. The summed E-state index contributed by atoms with van der Waals surface area (Å²) in [4.78, 5) is 0. The third-order valence-electron chi connectivity index (χ3n) is 3.33. The van der Waals surface area contributed by atoms with Crippen LogP contribution in [-0.2, 0) is 13.5 Å². The lowest BCUT2D eigenvalue weighted by Crippen LogP contribution is -2.04. The van der Waals surface area contributed by atoms with Crippen molar-refractivity contribution in [2.24, 2.45) is 7.05 Å². The Bertz CT molecular complexity index is 570. The molecule has 0 fully saturated rings. The molecule has 1 aromatic carbocycles. The molecule has 102 valence electrons. The van der Waals surface area contributed by atoms with Gasteiger partial charge in [-0.3, -0.25) is 4.68 Å². The molecule has 0 aliphatic carbocycles. The Morgan fingerprint density at radius 2 is 2.00 bits per heavy atom. The molecule has 3 N–H and O–H groups in total. The van der Waals surface area contributed by atoms with E-state index in [-0.39, 0.29) is 0 Å². The number of nitrogens with zero attached hydrogens (tertiary/aromatic N) is 2. The van der Waals surface area contributed by atoms with Crippen LogP contribution < -0.4 is 11.1 Å². The van der Waals surface area contributed by atoms with Crippen LogP contribution in [0.4, 0.5) is 17.2 Å². The first-order chi connectivity index (χ1) is 9.04. The minimum Gasteiger partial charge on any atom is -0.394 e. The van der Waals surface area contributed by atoms with E-state index < -0.39 is 0 Å². The van der Waals surface area contributed by atoms with Gasteiger partial charge in [0, 0.05) is 12.7 Å². The lowest BCUT2D eigenvalue weighted by atomic mass is 10.0. The topological polar surface area (TPSA) is 55.9 Å². The van der Waals surface area contributed by atoms with Gasteiger partial charge in [-0.2, -0.15) is 5.10 Å². The number of hydrogen-bond acceptors (Lipinski definition) is 3. The lowest BCUT2D eigenvalue weighted by molar-refractivity contribution is 0.753. The minimum atomic E-state index is 0.462. The predicted molar refractivity (Wildman–Crippen MR) is 80.8 cm³/mol. The van der Waals surface area contributed by atoms with Crippen LogP contribution in [0.3, 0.4) is 0 Å². The van der Waals surface area contributed by atoms with Gasteiger partial charge in [-0.25, -0.2) is 0 Å². The van der Waals surface area contributed by atoms with Crippen molar-refractivity contribution in [3.05, 3.63) is 35.5 Å². The average Bonchev–Trinajstić information content (AvgIpc) is 2.66. The van der Waals surface area contributed by atoms with Gasteiger partial charge in [-0.1, -0.05) is 39.0 Å². The number of benzene rings is 1. The quantitative estimate of drug-likeness (QED) is 0.883. The van der Waals surface area contributed by atoms with Crippen molar-refractivity contribution in [3.63, 3.8) is 0 Å². The highest BCUT2D eigenvalue weighted by atomic mass is 15.3. The number of hydrogen-bond donors (Lipinski definition) is 2. The number of rotatable bonds is 4. The van der Waals surface area contributed by atoms with Gasteiger partial charge in [0.1, 0.15) is 0 Å². The normalized spacial score (nSPS) is 11.0. The van der Waals surface area contributed by atoms with Gasteiger partial charge in [-0.05, 0) is 24.0 Å². The fraction of sp³-hybridized carbons (Fsp3) is 0.400. The maximum atomic E-state index is 6.14. The highest BCUT2D eigenvalue weighted by molar-refractivity contribution is 5.73. The third kappa shape index (κ3) is 2.57. The van der Waals surface area contributed by atoms with E-state index in [0.29, 0.717) is 5.92 Å². The van der Waals surface area contributed by atoms with Gasteiger partial charge in [0.2, 0.25) is 0 Å². The van der Waals surface area contributed by atoms with Gasteiger partial charge in [0.25, 0.3) is 0 Å². The molecule has 2 aromatic rings. The molecule has 1 aromatic heterocycles. The van der Waals surface area contributed by atoms with Gasteiger partial charge in [0.15, 0.2) is 5.82 Å². The van der Waals surface area contributed by atoms with E-state index in [2.05, 4.69) is 49.4 Å². The smallest absolute Gasteiger partial charge is 0.152 e. The number of nitrogens with two attached hydrogens (primary N) is 1. The zero-order valence-electron chi connectivity index (χ0n) is 12.1. The molecular weight excluding hydrogens is 236 g/mol. The summed E-state index contributed by atoms with van der Waals surface area (Å²) in [6.45, 7) is 6.43. The van der Waals surface area contributed by atoms with Crippen molar-refractivity contribution in [1.82, 2.24) is 9.78 Å². The summed E-state index contributed by atoms with van der Waals surface area (Å²) in [6.07, 6.45) is 0.840. The van der Waals surface area contributed by atoms with Crippen LogP contribution >= 0.6 is 0 Å². The molecule has 4 heteroatoms. The Hall–Kier alpha value is -1.97. The first-order valence-corrected chi connectivity index (χ1v) is 6.71. The van der Waals surface area contributed by atoms with Gasteiger partial charge >= 0.3 is 0 Å². The van der Waals surface area contributed by atoms with Crippen LogP contribution in [-0.4, -0.2) is 9.78 Å². The van der Waals surface area contributed by atoms with Crippen LogP contribution in [0.15, 0.2) is 24.3 Å².